The van der Waals surface area contributed by atoms with Crippen molar-refractivity contribution in [1.29, 1.82) is 0 Å². The van der Waals surface area contributed by atoms with Gasteiger partial charge >= 0.3 is 0 Å². The van der Waals surface area contributed by atoms with Crippen molar-refractivity contribution < 1.29 is 8.42 Å². The van der Waals surface area contributed by atoms with Gasteiger partial charge < -0.3 is 4.57 Å². The number of nitrogens with one attached hydrogen (secondary N) is 1. The molecule has 0 spiro atoms. The number of nitrogens with zero attached hydrogens (tertiary/aromatic N) is 2. The zero-order chi connectivity index (χ0) is 17.2. The van der Waals surface area contributed by atoms with Crippen molar-refractivity contribution in [1.82, 2.24) is 14.3 Å². The largest absolute Gasteiger partial charge is 0.331 e. The van der Waals surface area contributed by atoms with Gasteiger partial charge in [-0.1, -0.05) is 42.0 Å². The minimum Gasteiger partial charge on any atom is -0.331 e. The first kappa shape index (κ1) is 16.7. The molecule has 0 aliphatic rings. The first-order valence-corrected chi connectivity index (χ1v) is 9.53. The monoisotopic (exact) mass is 343 g/mol. The first-order valence-electron chi connectivity index (χ1n) is 7.88. The third-order valence-corrected chi connectivity index (χ3v) is 5.35. The Balaban J connectivity index is 1.63. The number of fused-ring (bicyclic) bond motifs is 1. The van der Waals surface area contributed by atoms with E-state index in [1.807, 2.05) is 67.1 Å². The quantitative estimate of drug-likeness (QED) is 0.748. The summed E-state index contributed by atoms with van der Waals surface area (Å²) in [6.45, 7) is 2.29. The fourth-order valence-electron chi connectivity index (χ4n) is 2.81. The van der Waals surface area contributed by atoms with Crippen LogP contribution in [0.4, 0.5) is 0 Å². The molecule has 3 aromatic rings. The molecule has 2 aromatic carbocycles. The molecule has 1 aromatic heterocycles. The Morgan fingerprint density at radius 3 is 2.67 bits per heavy atom. The highest BCUT2D eigenvalue weighted by Crippen LogP contribution is 2.14. The summed E-state index contributed by atoms with van der Waals surface area (Å²) >= 11 is 0. The number of aromatic nitrogens is 2. The van der Waals surface area contributed by atoms with E-state index in [-0.39, 0.29) is 5.75 Å². The summed E-state index contributed by atoms with van der Waals surface area (Å²) in [6, 6.07) is 15.4. The van der Waals surface area contributed by atoms with Gasteiger partial charge in [-0.15, -0.1) is 0 Å². The highest BCUT2D eigenvalue weighted by Gasteiger charge is 2.13. The fourth-order valence-corrected chi connectivity index (χ4v) is 3.94. The molecule has 126 valence electrons. The van der Waals surface area contributed by atoms with Crippen molar-refractivity contribution in [2.24, 2.45) is 7.05 Å². The molecule has 0 fully saturated rings. The minimum atomic E-state index is -3.35. The lowest BCUT2D eigenvalue weighted by Crippen LogP contribution is -2.27. The van der Waals surface area contributed by atoms with E-state index in [0.717, 1.165) is 28.0 Å². The molecule has 5 nitrogen and oxygen atoms in total. The summed E-state index contributed by atoms with van der Waals surface area (Å²) in [5.41, 5.74) is 3.83. The second-order valence-corrected chi connectivity index (χ2v) is 7.78. The van der Waals surface area contributed by atoms with Crippen LogP contribution in [0.15, 0.2) is 48.5 Å². The van der Waals surface area contributed by atoms with Gasteiger partial charge in [0.05, 0.1) is 16.8 Å². The van der Waals surface area contributed by atoms with Crippen LogP contribution in [0.2, 0.25) is 0 Å². The molecule has 0 saturated heterocycles. The van der Waals surface area contributed by atoms with E-state index in [0.29, 0.717) is 13.0 Å². The number of sulfonamides is 1. The molecule has 0 unspecified atom stereocenters. The molecular weight excluding hydrogens is 322 g/mol. The molecule has 0 aliphatic heterocycles. The number of imidazole rings is 1. The molecule has 0 atom stereocenters. The molecule has 1 heterocycles. The van der Waals surface area contributed by atoms with Gasteiger partial charge in [0.15, 0.2) is 0 Å². The maximum Gasteiger partial charge on any atom is 0.215 e. The van der Waals surface area contributed by atoms with E-state index >= 15 is 0 Å². The highest BCUT2D eigenvalue weighted by molar-refractivity contribution is 7.88. The number of rotatable bonds is 6. The Bertz CT molecular complexity index is 961. The number of hydrogen-bond donors (Lipinski definition) is 1. The summed E-state index contributed by atoms with van der Waals surface area (Å²) in [4.78, 5) is 4.56. The Morgan fingerprint density at radius 1 is 1.12 bits per heavy atom. The van der Waals surface area contributed by atoms with Gasteiger partial charge in [-0.2, -0.15) is 0 Å². The topological polar surface area (TPSA) is 64.0 Å². The number of hydrogen-bond acceptors (Lipinski definition) is 3. The van der Waals surface area contributed by atoms with Gasteiger partial charge in [0.2, 0.25) is 10.0 Å². The molecule has 3 rings (SSSR count). The molecule has 24 heavy (non-hydrogen) atoms. The average Bonchev–Trinajstić information content (AvgIpc) is 2.84. The van der Waals surface area contributed by atoms with E-state index in [1.165, 1.54) is 0 Å². The maximum absolute atomic E-state index is 12.2. The predicted octanol–water partition coefficient (Wildman–Crippen LogP) is 2.54. The molecule has 0 amide bonds. The van der Waals surface area contributed by atoms with Crippen molar-refractivity contribution in [3.05, 3.63) is 65.5 Å². The molecular formula is C18H21N3O2S. The van der Waals surface area contributed by atoms with Crippen LogP contribution in [0.25, 0.3) is 11.0 Å². The van der Waals surface area contributed by atoms with Gasteiger partial charge in [-0.05, 0) is 24.6 Å². The van der Waals surface area contributed by atoms with E-state index < -0.39 is 10.0 Å². The van der Waals surface area contributed by atoms with Crippen molar-refractivity contribution in [3.63, 3.8) is 0 Å². The van der Waals surface area contributed by atoms with E-state index in [4.69, 9.17) is 0 Å². The van der Waals surface area contributed by atoms with Crippen LogP contribution in [0.3, 0.4) is 0 Å². The second kappa shape index (κ2) is 6.75. The van der Waals surface area contributed by atoms with Crippen molar-refractivity contribution >= 4 is 21.1 Å². The van der Waals surface area contributed by atoms with Gasteiger partial charge in [-0.3, -0.25) is 0 Å². The highest BCUT2D eigenvalue weighted by atomic mass is 32.2. The van der Waals surface area contributed by atoms with Crippen molar-refractivity contribution in [2.75, 3.05) is 6.54 Å². The lowest BCUT2D eigenvalue weighted by Gasteiger charge is -2.07. The Kier molecular flexibility index (Phi) is 4.69. The van der Waals surface area contributed by atoms with Crippen LogP contribution < -0.4 is 4.72 Å². The van der Waals surface area contributed by atoms with E-state index in [2.05, 4.69) is 9.71 Å². The van der Waals surface area contributed by atoms with Crippen LogP contribution in [0.5, 0.6) is 0 Å². The Hall–Kier alpha value is -2.18. The predicted molar refractivity (Wildman–Crippen MR) is 96.2 cm³/mol. The zero-order valence-corrected chi connectivity index (χ0v) is 14.7. The zero-order valence-electron chi connectivity index (χ0n) is 13.9. The molecule has 0 saturated carbocycles. The minimum absolute atomic E-state index is 0.00276. The third kappa shape index (κ3) is 3.83. The summed E-state index contributed by atoms with van der Waals surface area (Å²) in [7, 11) is -1.40. The van der Waals surface area contributed by atoms with Crippen LogP contribution in [0.1, 0.15) is 17.0 Å². The van der Waals surface area contributed by atoms with Crippen LogP contribution >= 0.6 is 0 Å². The number of benzene rings is 2. The summed E-state index contributed by atoms with van der Waals surface area (Å²) in [5, 5.41) is 0. The van der Waals surface area contributed by atoms with Crippen molar-refractivity contribution in [3.8, 4) is 0 Å². The summed E-state index contributed by atoms with van der Waals surface area (Å²) in [6.07, 6.45) is 0.554. The van der Waals surface area contributed by atoms with Crippen LogP contribution in [-0.2, 0) is 29.2 Å². The SMILES string of the molecule is Cc1cccc(CS(=O)(=O)NCCc2nc3ccccc3n2C)c1. The van der Waals surface area contributed by atoms with Gasteiger partial charge in [0, 0.05) is 20.0 Å². The lowest BCUT2D eigenvalue weighted by atomic mass is 10.2. The van der Waals surface area contributed by atoms with Gasteiger partial charge in [0.1, 0.15) is 5.82 Å². The summed E-state index contributed by atoms with van der Waals surface area (Å²) in [5.74, 6) is 0.867. The molecule has 0 radical (unpaired) electrons. The van der Waals surface area contributed by atoms with Gasteiger partial charge in [-0.25, -0.2) is 18.1 Å². The smallest absolute Gasteiger partial charge is 0.215 e. The number of para-hydroxylation sites is 2. The van der Waals surface area contributed by atoms with Crippen molar-refractivity contribution in [2.45, 2.75) is 19.1 Å². The van der Waals surface area contributed by atoms with E-state index in [9.17, 15) is 8.42 Å². The normalized spacial score (nSPS) is 11.9. The second-order valence-electron chi connectivity index (χ2n) is 5.97. The first-order chi connectivity index (χ1) is 11.4. The van der Waals surface area contributed by atoms with Gasteiger partial charge in [0.25, 0.3) is 0 Å². The summed E-state index contributed by atoms with van der Waals surface area (Å²) < 4.78 is 29.1. The molecule has 1 N–H and O–H groups in total. The lowest BCUT2D eigenvalue weighted by molar-refractivity contribution is 0.579. The third-order valence-electron chi connectivity index (χ3n) is 3.99. The maximum atomic E-state index is 12.2. The Morgan fingerprint density at radius 2 is 1.92 bits per heavy atom. The average molecular weight is 343 g/mol. The van der Waals surface area contributed by atoms with Crippen LogP contribution in [0, 0.1) is 6.92 Å². The molecule has 0 aliphatic carbocycles. The number of aryl methyl sites for hydroxylation is 2. The van der Waals surface area contributed by atoms with Crippen LogP contribution in [-0.4, -0.2) is 24.5 Å². The Labute approximate surface area is 142 Å². The molecule has 0 bridgehead atoms. The fraction of sp³-hybridized carbons (Fsp3) is 0.278. The molecule has 6 heteroatoms. The standard InChI is InChI=1S/C18H21N3O2S/c1-14-6-5-7-15(12-14)13-24(22,23)19-11-10-18-20-16-8-3-4-9-17(16)21(18)2/h3-9,12,19H,10-11,13H2,1-2H3. The van der Waals surface area contributed by atoms with E-state index in [1.54, 1.807) is 0 Å².